The number of fused-ring (bicyclic) bond motifs is 1. The lowest BCUT2D eigenvalue weighted by Gasteiger charge is -2.15. The molecule has 3 aromatic rings. The number of aromatic nitrogens is 2. The van der Waals surface area contributed by atoms with Crippen molar-refractivity contribution in [3.8, 4) is 11.5 Å². The highest BCUT2D eigenvalue weighted by Crippen LogP contribution is 2.39. The average Bonchev–Trinajstić information content (AvgIpc) is 2.74. The van der Waals surface area contributed by atoms with Crippen molar-refractivity contribution in [3.63, 3.8) is 0 Å². The summed E-state index contributed by atoms with van der Waals surface area (Å²) in [5.74, 6) is 0.772. The van der Waals surface area contributed by atoms with Gasteiger partial charge in [-0.1, -0.05) is 22.9 Å². The van der Waals surface area contributed by atoms with Crippen molar-refractivity contribution in [3.05, 3.63) is 66.7 Å². The highest BCUT2D eigenvalue weighted by Gasteiger charge is 2.23. The first kappa shape index (κ1) is 23.4. The largest absolute Gasteiger partial charge is 0.490 e. The molecule has 0 aliphatic carbocycles. The van der Waals surface area contributed by atoms with Gasteiger partial charge in [-0.2, -0.15) is 9.78 Å². The fourth-order valence-electron chi connectivity index (χ4n) is 3.10. The number of nitro groups is 1. The number of halogens is 1. The summed E-state index contributed by atoms with van der Waals surface area (Å²) in [6.07, 6.45) is 1.58. The number of hydrogen-bond acceptors (Lipinski definition) is 7. The van der Waals surface area contributed by atoms with Crippen molar-refractivity contribution >= 4 is 38.7 Å². The maximum Gasteiger partial charge on any atom is 0.315 e. The molecule has 1 heterocycles. The molecule has 0 atom stereocenters. The summed E-state index contributed by atoms with van der Waals surface area (Å²) in [5.41, 5.74) is 0.393. The first-order valence-corrected chi connectivity index (χ1v) is 10.9. The zero-order valence-electron chi connectivity index (χ0n) is 18.2. The van der Waals surface area contributed by atoms with E-state index >= 15 is 0 Å². The van der Waals surface area contributed by atoms with Crippen molar-refractivity contribution < 1.29 is 14.4 Å². The van der Waals surface area contributed by atoms with E-state index in [0.29, 0.717) is 35.3 Å². The number of aryl methyl sites for hydroxylation is 1. The number of benzene rings is 2. The highest BCUT2D eigenvalue weighted by molar-refractivity contribution is 9.10. The molecule has 1 aromatic heterocycles. The molecule has 0 amide bonds. The summed E-state index contributed by atoms with van der Waals surface area (Å²) >= 11 is 3.37. The zero-order valence-corrected chi connectivity index (χ0v) is 19.7. The number of nitro benzene ring substituents is 1. The lowest BCUT2D eigenvalue weighted by molar-refractivity contribution is -0.386. The minimum atomic E-state index is -0.531. The maximum atomic E-state index is 13.0. The molecule has 9 nitrogen and oxygen atoms in total. The minimum absolute atomic E-state index is 0.0626. The molecular formula is C22H23BrN4O5. The second-order valence-electron chi connectivity index (χ2n) is 7.13. The Balaban J connectivity index is 2.15. The van der Waals surface area contributed by atoms with Crippen molar-refractivity contribution in [1.82, 2.24) is 9.66 Å². The second kappa shape index (κ2) is 9.90. The van der Waals surface area contributed by atoms with Gasteiger partial charge in [-0.25, -0.2) is 4.98 Å². The third-order valence-electron chi connectivity index (χ3n) is 4.42. The van der Waals surface area contributed by atoms with Gasteiger partial charge < -0.3 is 9.47 Å². The van der Waals surface area contributed by atoms with Crippen LogP contribution in [0.4, 0.5) is 5.69 Å². The third-order valence-corrected chi connectivity index (χ3v) is 4.91. The molecule has 10 heteroatoms. The van der Waals surface area contributed by atoms with Gasteiger partial charge in [-0.3, -0.25) is 14.9 Å². The number of ether oxygens (including phenoxy) is 2. The van der Waals surface area contributed by atoms with E-state index < -0.39 is 4.92 Å². The summed E-state index contributed by atoms with van der Waals surface area (Å²) in [7, 11) is 0. The predicted octanol–water partition coefficient (Wildman–Crippen LogP) is 4.70. The molecule has 0 saturated carbocycles. The molecule has 3 rings (SSSR count). The summed E-state index contributed by atoms with van der Waals surface area (Å²) in [4.78, 5) is 28.7. The molecule has 0 aliphatic heterocycles. The van der Waals surface area contributed by atoms with E-state index in [-0.39, 0.29) is 28.8 Å². The maximum absolute atomic E-state index is 13.0. The molecular weight excluding hydrogens is 480 g/mol. The molecule has 0 radical (unpaired) electrons. The van der Waals surface area contributed by atoms with Gasteiger partial charge in [-0.05, 0) is 45.0 Å². The van der Waals surface area contributed by atoms with Gasteiger partial charge in [0.15, 0.2) is 5.75 Å². The van der Waals surface area contributed by atoms with Gasteiger partial charge in [0.2, 0.25) is 5.75 Å². The van der Waals surface area contributed by atoms with Crippen molar-refractivity contribution in [2.75, 3.05) is 6.61 Å². The van der Waals surface area contributed by atoms with E-state index in [4.69, 9.17) is 9.47 Å². The number of nitrogens with zero attached hydrogens (tertiary/aromatic N) is 4. The van der Waals surface area contributed by atoms with Crippen LogP contribution in [0.15, 0.2) is 44.7 Å². The lowest BCUT2D eigenvalue weighted by Crippen LogP contribution is -2.22. The van der Waals surface area contributed by atoms with Gasteiger partial charge in [0.25, 0.3) is 5.56 Å². The van der Waals surface area contributed by atoms with Gasteiger partial charge >= 0.3 is 5.69 Å². The molecule has 0 aliphatic rings. The smallest absolute Gasteiger partial charge is 0.315 e. The number of rotatable bonds is 8. The standard InChI is InChI=1S/C22H23BrN4O5/c1-5-20-25-17-8-7-15(23)11-16(17)22(28)26(20)24-12-14-9-18(27(29)30)21(32-13(3)4)19(10-14)31-6-2/h7-13H,5-6H2,1-4H3. The van der Waals surface area contributed by atoms with Gasteiger partial charge in [0, 0.05) is 22.5 Å². The van der Waals surface area contributed by atoms with Crippen LogP contribution in [-0.4, -0.2) is 33.5 Å². The van der Waals surface area contributed by atoms with E-state index in [9.17, 15) is 14.9 Å². The second-order valence-corrected chi connectivity index (χ2v) is 8.04. The fourth-order valence-corrected chi connectivity index (χ4v) is 3.46. The minimum Gasteiger partial charge on any atom is -0.490 e. The van der Waals surface area contributed by atoms with Crippen LogP contribution in [0.5, 0.6) is 11.5 Å². The average molecular weight is 503 g/mol. The Morgan fingerprint density at radius 1 is 1.28 bits per heavy atom. The van der Waals surface area contributed by atoms with E-state index in [2.05, 4.69) is 26.0 Å². The van der Waals surface area contributed by atoms with E-state index in [1.807, 2.05) is 13.0 Å². The van der Waals surface area contributed by atoms with Crippen molar-refractivity contribution in [2.24, 2.45) is 5.10 Å². The van der Waals surface area contributed by atoms with Crippen LogP contribution in [0, 0.1) is 10.1 Å². The van der Waals surface area contributed by atoms with Gasteiger partial charge in [-0.15, -0.1) is 0 Å². The summed E-state index contributed by atoms with van der Waals surface area (Å²) < 4.78 is 13.2. The van der Waals surface area contributed by atoms with Crippen LogP contribution >= 0.6 is 15.9 Å². The van der Waals surface area contributed by atoms with Crippen LogP contribution < -0.4 is 15.0 Å². The predicted molar refractivity (Wildman–Crippen MR) is 126 cm³/mol. The molecule has 168 valence electrons. The third kappa shape index (κ3) is 4.96. The van der Waals surface area contributed by atoms with Gasteiger partial charge in [0.1, 0.15) is 5.82 Å². The Bertz CT molecular complexity index is 1250. The zero-order chi connectivity index (χ0) is 23.4. The van der Waals surface area contributed by atoms with Gasteiger partial charge in [0.05, 0.1) is 34.8 Å². The Labute approximate surface area is 193 Å². The Morgan fingerprint density at radius 2 is 2.03 bits per heavy atom. The Hall–Kier alpha value is -3.27. The SMILES string of the molecule is CCOc1cc(C=Nn2c(CC)nc3ccc(Br)cc3c2=O)cc([N+](=O)[O-])c1OC(C)C. The number of hydrogen-bond donors (Lipinski definition) is 0. The van der Waals surface area contributed by atoms with Crippen molar-refractivity contribution in [2.45, 2.75) is 40.2 Å². The van der Waals surface area contributed by atoms with Crippen LogP contribution in [0.3, 0.4) is 0 Å². The van der Waals surface area contributed by atoms with E-state index in [1.165, 1.54) is 17.0 Å². The summed E-state index contributed by atoms with van der Waals surface area (Å²) in [6, 6.07) is 8.20. The molecule has 0 spiro atoms. The quantitative estimate of drug-likeness (QED) is 0.251. The molecule has 0 saturated heterocycles. The first-order valence-electron chi connectivity index (χ1n) is 10.1. The molecule has 2 aromatic carbocycles. The fraction of sp³-hybridized carbons (Fsp3) is 0.318. The monoisotopic (exact) mass is 502 g/mol. The van der Waals surface area contributed by atoms with E-state index in [1.54, 1.807) is 39.0 Å². The summed E-state index contributed by atoms with van der Waals surface area (Å²) in [5, 5.41) is 16.4. The summed E-state index contributed by atoms with van der Waals surface area (Å²) in [6.45, 7) is 7.50. The highest BCUT2D eigenvalue weighted by atomic mass is 79.9. The van der Waals surface area contributed by atoms with Crippen molar-refractivity contribution in [1.29, 1.82) is 0 Å². The Kier molecular flexibility index (Phi) is 7.24. The first-order chi connectivity index (χ1) is 15.2. The molecule has 0 N–H and O–H groups in total. The topological polar surface area (TPSA) is 109 Å². The Morgan fingerprint density at radius 3 is 2.66 bits per heavy atom. The normalized spacial score (nSPS) is 11.4. The van der Waals surface area contributed by atoms with Crippen LogP contribution in [0.1, 0.15) is 39.1 Å². The molecule has 0 unspecified atom stereocenters. The molecule has 32 heavy (non-hydrogen) atoms. The molecule has 0 fully saturated rings. The molecule has 0 bridgehead atoms. The van der Waals surface area contributed by atoms with Crippen LogP contribution in [0.25, 0.3) is 10.9 Å². The van der Waals surface area contributed by atoms with Crippen LogP contribution in [0.2, 0.25) is 0 Å². The van der Waals surface area contributed by atoms with Crippen LogP contribution in [-0.2, 0) is 6.42 Å². The lowest BCUT2D eigenvalue weighted by atomic mass is 10.1. The van der Waals surface area contributed by atoms with E-state index in [0.717, 1.165) is 4.47 Å².